The second-order valence-electron chi connectivity index (χ2n) is 7.79. The Morgan fingerprint density at radius 3 is 1.64 bits per heavy atom. The maximum atomic E-state index is 12.1. The van der Waals surface area contributed by atoms with Crippen LogP contribution in [-0.2, 0) is 29.2 Å². The van der Waals surface area contributed by atoms with E-state index in [0.717, 1.165) is 51.4 Å². The molecule has 3 unspecified atom stereocenters. The van der Waals surface area contributed by atoms with Crippen LogP contribution >= 0.6 is 0 Å². The standard InChI is InChI=1S/C20H38O7S.CH5N3.Na/c1-5-9-11-16(7-3)14-26-19(21)13-18(28(23,24)25)20(22)27-15-17(8-4)12-10-6-2;2-1(3)4;/h16-18H,5-15H2,1-4H3,(H,23,24,25);(H5,2,3,4);/q;;+1/p-1. The van der Waals surface area contributed by atoms with Crippen LogP contribution < -0.4 is 41.0 Å². The molecule has 0 radical (unpaired) electrons. The molecule has 0 amide bonds. The van der Waals surface area contributed by atoms with Gasteiger partial charge in [0.05, 0.1) is 19.6 Å². The van der Waals surface area contributed by atoms with E-state index < -0.39 is 33.7 Å². The van der Waals surface area contributed by atoms with Gasteiger partial charge in [-0.25, -0.2) is 8.42 Å². The maximum absolute atomic E-state index is 12.1. The van der Waals surface area contributed by atoms with Gasteiger partial charge >= 0.3 is 41.5 Å². The van der Waals surface area contributed by atoms with Gasteiger partial charge in [0.1, 0.15) is 10.1 Å². The van der Waals surface area contributed by atoms with Crippen LogP contribution in [0.25, 0.3) is 0 Å². The van der Waals surface area contributed by atoms with Crippen LogP contribution in [0.5, 0.6) is 0 Å². The van der Waals surface area contributed by atoms with Gasteiger partial charge in [-0.05, 0) is 24.7 Å². The fraction of sp³-hybridized carbons (Fsp3) is 0.857. The number of ether oxygens (including phenoxy) is 2. The summed E-state index contributed by atoms with van der Waals surface area (Å²) in [4.78, 5) is 24.1. The Morgan fingerprint density at radius 2 is 1.30 bits per heavy atom. The van der Waals surface area contributed by atoms with Crippen molar-refractivity contribution in [2.45, 2.75) is 90.7 Å². The topological polar surface area (TPSA) is 186 Å². The number of guanidine groups is 1. The fourth-order valence-electron chi connectivity index (χ4n) is 2.81. The number of unbranched alkanes of at least 4 members (excludes halogenated alkanes) is 2. The summed E-state index contributed by atoms with van der Waals surface area (Å²) >= 11 is 0. The van der Waals surface area contributed by atoms with Gasteiger partial charge in [-0.15, -0.1) is 0 Å². The van der Waals surface area contributed by atoms with E-state index in [1.54, 1.807) is 0 Å². The molecule has 0 fully saturated rings. The first-order valence-corrected chi connectivity index (χ1v) is 12.8. The number of carbonyl (C=O) groups excluding carboxylic acids is 2. The minimum Gasteiger partial charge on any atom is -0.747 e. The summed E-state index contributed by atoms with van der Waals surface area (Å²) in [5.74, 6) is -2.08. The van der Waals surface area contributed by atoms with Crippen LogP contribution in [-0.4, -0.2) is 49.3 Å². The Balaban J connectivity index is -0.00000165. The molecule has 0 bridgehead atoms. The van der Waals surface area contributed by atoms with Gasteiger partial charge in [0, 0.05) is 0 Å². The summed E-state index contributed by atoms with van der Waals surface area (Å²) in [5, 5.41) is 4.00. The van der Waals surface area contributed by atoms with E-state index in [4.69, 9.17) is 14.9 Å². The third-order valence-corrected chi connectivity index (χ3v) is 6.05. The Bertz CT molecular complexity index is 644. The maximum Gasteiger partial charge on any atom is 1.00 e. The van der Waals surface area contributed by atoms with Crippen molar-refractivity contribution in [1.82, 2.24) is 0 Å². The molecular weight excluding hydrogens is 461 g/mol. The van der Waals surface area contributed by atoms with E-state index in [0.29, 0.717) is 0 Å². The zero-order valence-corrected chi connectivity index (χ0v) is 23.7. The minimum absolute atomic E-state index is 0. The third kappa shape index (κ3) is 21.4. The van der Waals surface area contributed by atoms with Crippen LogP contribution in [0, 0.1) is 17.2 Å². The number of hydrogen-bond acceptors (Lipinski definition) is 8. The van der Waals surface area contributed by atoms with Gasteiger partial charge in [0.25, 0.3) is 0 Å². The molecule has 0 spiro atoms. The molecular formula is C21H42N3NaO7S. The molecule has 10 nitrogen and oxygen atoms in total. The van der Waals surface area contributed by atoms with Crippen molar-refractivity contribution in [3.63, 3.8) is 0 Å². The number of esters is 2. The van der Waals surface area contributed by atoms with E-state index in [2.05, 4.69) is 25.3 Å². The normalized spacial score (nSPS) is 13.4. The van der Waals surface area contributed by atoms with Gasteiger partial charge in [-0.2, -0.15) is 0 Å². The van der Waals surface area contributed by atoms with Crippen LogP contribution in [0.15, 0.2) is 0 Å². The molecule has 0 saturated heterocycles. The fourth-order valence-corrected chi connectivity index (χ4v) is 3.46. The molecule has 0 aromatic rings. The van der Waals surface area contributed by atoms with Crippen molar-refractivity contribution in [3.05, 3.63) is 0 Å². The Labute approximate surface area is 221 Å². The van der Waals surface area contributed by atoms with E-state index in [1.807, 2.05) is 13.8 Å². The Hall–Kier alpha value is -0.880. The number of nitrogens with two attached hydrogens (primary N) is 2. The number of carbonyl (C=O) groups is 2. The van der Waals surface area contributed by atoms with Crippen molar-refractivity contribution in [3.8, 4) is 0 Å². The van der Waals surface area contributed by atoms with E-state index >= 15 is 0 Å². The third-order valence-electron chi connectivity index (χ3n) is 4.99. The minimum atomic E-state index is -5.01. The van der Waals surface area contributed by atoms with Crippen molar-refractivity contribution in [2.75, 3.05) is 13.2 Å². The van der Waals surface area contributed by atoms with E-state index in [1.165, 1.54) is 0 Å². The summed E-state index contributed by atoms with van der Waals surface area (Å²) in [6, 6.07) is 0. The molecule has 3 atom stereocenters. The molecule has 33 heavy (non-hydrogen) atoms. The van der Waals surface area contributed by atoms with Gasteiger partial charge in [-0.1, -0.05) is 66.2 Å². The Kier molecular flexibility index (Phi) is 24.1. The summed E-state index contributed by atoms with van der Waals surface area (Å²) in [6.07, 6.45) is 6.58. The summed E-state index contributed by atoms with van der Waals surface area (Å²) in [5.41, 5.74) is 8.94. The van der Waals surface area contributed by atoms with Gasteiger partial charge in [0.2, 0.25) is 0 Å². The summed E-state index contributed by atoms with van der Waals surface area (Å²) in [6.45, 7) is 8.26. The SMILES string of the molecule is CCCCC(CC)COC(=O)CC(C(=O)OCC(CC)CCCC)S(=O)(=O)[O-].N=C(N)N.[Na+]. The second kappa shape index (κ2) is 21.6. The van der Waals surface area contributed by atoms with Gasteiger partial charge in [0.15, 0.2) is 11.2 Å². The molecule has 5 N–H and O–H groups in total. The van der Waals surface area contributed by atoms with Crippen LogP contribution in [0.4, 0.5) is 0 Å². The zero-order chi connectivity index (χ0) is 25.2. The monoisotopic (exact) mass is 503 g/mol. The molecule has 0 heterocycles. The predicted molar refractivity (Wildman–Crippen MR) is 123 cm³/mol. The van der Waals surface area contributed by atoms with Crippen LogP contribution in [0.2, 0.25) is 0 Å². The van der Waals surface area contributed by atoms with Crippen LogP contribution in [0.1, 0.15) is 85.5 Å². The number of rotatable bonds is 16. The predicted octanol–water partition coefficient (Wildman–Crippen LogP) is -0.348. The quantitative estimate of drug-likeness (QED) is 0.0832. The van der Waals surface area contributed by atoms with Crippen LogP contribution in [0.3, 0.4) is 0 Å². The Morgan fingerprint density at radius 1 is 0.909 bits per heavy atom. The van der Waals surface area contributed by atoms with Crippen molar-refractivity contribution >= 4 is 28.0 Å². The average Bonchev–Trinajstić information content (AvgIpc) is 2.70. The van der Waals surface area contributed by atoms with Gasteiger partial charge < -0.3 is 25.5 Å². The molecule has 0 rings (SSSR count). The van der Waals surface area contributed by atoms with Gasteiger partial charge in [-0.3, -0.25) is 15.0 Å². The molecule has 0 aliphatic heterocycles. The number of hydrogen-bond donors (Lipinski definition) is 3. The first-order valence-electron chi connectivity index (χ1n) is 11.3. The molecule has 0 saturated carbocycles. The average molecular weight is 504 g/mol. The smallest absolute Gasteiger partial charge is 0.747 e. The molecule has 190 valence electrons. The molecule has 0 aliphatic carbocycles. The summed E-state index contributed by atoms with van der Waals surface area (Å²) < 4.78 is 44.6. The van der Waals surface area contributed by atoms with E-state index in [9.17, 15) is 22.6 Å². The first kappa shape index (κ1) is 36.7. The van der Waals surface area contributed by atoms with Crippen molar-refractivity contribution in [2.24, 2.45) is 23.3 Å². The second-order valence-corrected chi connectivity index (χ2v) is 9.34. The molecule has 12 heteroatoms. The first-order chi connectivity index (χ1) is 14.9. The van der Waals surface area contributed by atoms with E-state index in [-0.39, 0.29) is 60.6 Å². The number of nitrogens with one attached hydrogen (secondary N) is 1. The molecule has 0 aromatic heterocycles. The molecule has 0 aromatic carbocycles. The summed E-state index contributed by atoms with van der Waals surface area (Å²) in [7, 11) is -5.01. The molecule has 0 aliphatic rings. The van der Waals surface area contributed by atoms with Crippen molar-refractivity contribution < 1.29 is 61.6 Å². The van der Waals surface area contributed by atoms with Crippen molar-refractivity contribution in [1.29, 1.82) is 5.41 Å². The largest absolute Gasteiger partial charge is 1.00 e. The zero-order valence-electron chi connectivity index (χ0n) is 20.9.